The summed E-state index contributed by atoms with van der Waals surface area (Å²) < 4.78 is 0. The number of aliphatic hydroxyl groups is 1. The van der Waals surface area contributed by atoms with Gasteiger partial charge >= 0.3 is 0 Å². The van der Waals surface area contributed by atoms with Crippen LogP contribution in [0.2, 0.25) is 0 Å². The summed E-state index contributed by atoms with van der Waals surface area (Å²) in [6.45, 7) is 0. The van der Waals surface area contributed by atoms with Gasteiger partial charge in [0.2, 0.25) is 0 Å². The van der Waals surface area contributed by atoms with Crippen molar-refractivity contribution in [1.29, 1.82) is 0 Å². The maximum Gasteiger partial charge on any atom is 0.0744 e. The molecule has 0 amide bonds. The zero-order valence-electron chi connectivity index (χ0n) is 9.47. The monoisotopic (exact) mass is 217 g/mol. The summed E-state index contributed by atoms with van der Waals surface area (Å²) in [5, 5.41) is 13.5. The zero-order valence-corrected chi connectivity index (χ0v) is 9.47. The molecule has 86 valence electrons. The van der Waals surface area contributed by atoms with Gasteiger partial charge in [-0.05, 0) is 37.8 Å². The summed E-state index contributed by atoms with van der Waals surface area (Å²) in [6, 6.07) is 10.3. The number of benzene rings is 1. The van der Waals surface area contributed by atoms with E-state index >= 15 is 0 Å². The molecule has 16 heavy (non-hydrogen) atoms. The SMILES string of the molecule is O[C@@H]1CCC=CCC[C@H]1Nc1ccccc1. The van der Waals surface area contributed by atoms with Crippen LogP contribution >= 0.6 is 0 Å². The smallest absolute Gasteiger partial charge is 0.0744 e. The van der Waals surface area contributed by atoms with Gasteiger partial charge in [-0.15, -0.1) is 0 Å². The van der Waals surface area contributed by atoms with Crippen molar-refractivity contribution < 1.29 is 5.11 Å². The number of rotatable bonds is 2. The molecule has 0 spiro atoms. The Morgan fingerprint density at radius 1 is 1.00 bits per heavy atom. The lowest BCUT2D eigenvalue weighted by atomic mass is 9.98. The van der Waals surface area contributed by atoms with Gasteiger partial charge in [0, 0.05) is 5.69 Å². The lowest BCUT2D eigenvalue weighted by Crippen LogP contribution is -2.33. The molecule has 2 rings (SSSR count). The number of aliphatic hydroxyl groups excluding tert-OH is 1. The molecule has 0 unspecified atom stereocenters. The van der Waals surface area contributed by atoms with Gasteiger partial charge in [-0.2, -0.15) is 0 Å². The van der Waals surface area contributed by atoms with Gasteiger partial charge in [-0.25, -0.2) is 0 Å². The largest absolute Gasteiger partial charge is 0.391 e. The fourth-order valence-electron chi connectivity index (χ4n) is 2.09. The number of nitrogens with one attached hydrogen (secondary N) is 1. The summed E-state index contributed by atoms with van der Waals surface area (Å²) in [7, 11) is 0. The third-order valence-electron chi connectivity index (χ3n) is 3.03. The molecule has 2 N–H and O–H groups in total. The molecule has 0 aliphatic heterocycles. The molecular weight excluding hydrogens is 198 g/mol. The maximum atomic E-state index is 10.0. The quantitative estimate of drug-likeness (QED) is 0.746. The van der Waals surface area contributed by atoms with E-state index in [9.17, 15) is 5.11 Å². The van der Waals surface area contributed by atoms with Gasteiger partial charge in [0.05, 0.1) is 12.1 Å². The summed E-state index contributed by atoms with van der Waals surface area (Å²) in [5.74, 6) is 0. The molecule has 0 heterocycles. The average Bonchev–Trinajstić information content (AvgIpc) is 2.30. The van der Waals surface area contributed by atoms with E-state index in [1.54, 1.807) is 0 Å². The van der Waals surface area contributed by atoms with Crippen molar-refractivity contribution in [2.45, 2.75) is 37.8 Å². The van der Waals surface area contributed by atoms with Gasteiger partial charge in [0.1, 0.15) is 0 Å². The van der Waals surface area contributed by atoms with Crippen LogP contribution in [0.4, 0.5) is 5.69 Å². The van der Waals surface area contributed by atoms with Gasteiger partial charge in [-0.3, -0.25) is 0 Å². The first kappa shape index (κ1) is 11.2. The molecule has 0 bridgehead atoms. The molecule has 0 aromatic heterocycles. The molecule has 2 heteroatoms. The average molecular weight is 217 g/mol. The molecule has 0 saturated carbocycles. The molecule has 2 nitrogen and oxygen atoms in total. The van der Waals surface area contributed by atoms with E-state index in [4.69, 9.17) is 0 Å². The second-order valence-corrected chi connectivity index (χ2v) is 4.31. The lowest BCUT2D eigenvalue weighted by molar-refractivity contribution is 0.139. The Hall–Kier alpha value is -1.28. The van der Waals surface area contributed by atoms with E-state index in [-0.39, 0.29) is 12.1 Å². The second-order valence-electron chi connectivity index (χ2n) is 4.31. The Kier molecular flexibility index (Phi) is 4.00. The van der Waals surface area contributed by atoms with Crippen LogP contribution in [0.15, 0.2) is 42.5 Å². The highest BCUT2D eigenvalue weighted by molar-refractivity contribution is 5.43. The zero-order chi connectivity index (χ0) is 11.2. The van der Waals surface area contributed by atoms with Gasteiger partial charge in [0.15, 0.2) is 0 Å². The van der Waals surface area contributed by atoms with Crippen molar-refractivity contribution >= 4 is 5.69 Å². The molecule has 1 aliphatic rings. The van der Waals surface area contributed by atoms with Crippen LogP contribution in [-0.2, 0) is 0 Å². The Bertz CT molecular complexity index is 334. The molecule has 0 saturated heterocycles. The van der Waals surface area contributed by atoms with E-state index in [2.05, 4.69) is 17.5 Å². The lowest BCUT2D eigenvalue weighted by Gasteiger charge is -2.25. The van der Waals surface area contributed by atoms with E-state index in [0.29, 0.717) is 0 Å². The van der Waals surface area contributed by atoms with Crippen molar-refractivity contribution in [3.8, 4) is 0 Å². The molecular formula is C14H19NO. The van der Waals surface area contributed by atoms with Crippen molar-refractivity contribution in [3.63, 3.8) is 0 Å². The Balaban J connectivity index is 1.99. The summed E-state index contributed by atoms with van der Waals surface area (Å²) in [6.07, 6.45) is 8.00. The highest BCUT2D eigenvalue weighted by atomic mass is 16.3. The summed E-state index contributed by atoms with van der Waals surface area (Å²) in [5.41, 5.74) is 1.09. The minimum atomic E-state index is -0.245. The van der Waals surface area contributed by atoms with Crippen LogP contribution in [0.1, 0.15) is 25.7 Å². The number of hydrogen-bond acceptors (Lipinski definition) is 2. The standard InChI is InChI=1S/C14H19NO/c16-14-11-7-2-1-6-10-13(14)15-12-8-4-3-5-9-12/h1-5,8-9,13-16H,6-7,10-11H2/t13-,14-/m1/s1. The summed E-state index contributed by atoms with van der Waals surface area (Å²) >= 11 is 0. The second kappa shape index (κ2) is 5.71. The fraction of sp³-hybridized carbons (Fsp3) is 0.429. The van der Waals surface area contributed by atoms with Crippen molar-refractivity contribution in [2.24, 2.45) is 0 Å². The predicted octanol–water partition coefficient (Wildman–Crippen LogP) is 2.96. The first-order chi connectivity index (χ1) is 7.86. The first-order valence-corrected chi connectivity index (χ1v) is 6.01. The molecule has 0 fully saturated rings. The predicted molar refractivity (Wildman–Crippen MR) is 67.5 cm³/mol. The highest BCUT2D eigenvalue weighted by Gasteiger charge is 2.18. The Labute approximate surface area is 97.0 Å². The van der Waals surface area contributed by atoms with Crippen molar-refractivity contribution in [2.75, 3.05) is 5.32 Å². The van der Waals surface area contributed by atoms with E-state index in [1.165, 1.54) is 0 Å². The van der Waals surface area contributed by atoms with E-state index < -0.39 is 0 Å². The minimum Gasteiger partial charge on any atom is -0.391 e. The van der Waals surface area contributed by atoms with Crippen LogP contribution in [0, 0.1) is 0 Å². The molecule has 1 aliphatic carbocycles. The summed E-state index contributed by atoms with van der Waals surface area (Å²) in [4.78, 5) is 0. The Morgan fingerprint density at radius 2 is 1.69 bits per heavy atom. The number of anilines is 1. The topological polar surface area (TPSA) is 32.3 Å². The van der Waals surface area contributed by atoms with Gasteiger partial charge in [-0.1, -0.05) is 30.4 Å². The van der Waals surface area contributed by atoms with E-state index in [1.807, 2.05) is 30.3 Å². The van der Waals surface area contributed by atoms with Crippen LogP contribution < -0.4 is 5.32 Å². The fourth-order valence-corrected chi connectivity index (χ4v) is 2.09. The normalized spacial score (nSPS) is 25.8. The molecule has 0 radical (unpaired) electrons. The Morgan fingerprint density at radius 3 is 2.44 bits per heavy atom. The van der Waals surface area contributed by atoms with Crippen LogP contribution in [0.5, 0.6) is 0 Å². The van der Waals surface area contributed by atoms with Gasteiger partial charge in [0.25, 0.3) is 0 Å². The van der Waals surface area contributed by atoms with Crippen LogP contribution in [0.3, 0.4) is 0 Å². The van der Waals surface area contributed by atoms with E-state index in [0.717, 1.165) is 31.4 Å². The third kappa shape index (κ3) is 3.11. The minimum absolute atomic E-state index is 0.173. The maximum absolute atomic E-state index is 10.0. The number of allylic oxidation sites excluding steroid dienone is 2. The molecule has 1 aromatic carbocycles. The van der Waals surface area contributed by atoms with Crippen LogP contribution in [0.25, 0.3) is 0 Å². The first-order valence-electron chi connectivity index (χ1n) is 6.01. The third-order valence-corrected chi connectivity index (χ3v) is 3.03. The van der Waals surface area contributed by atoms with Gasteiger partial charge < -0.3 is 10.4 Å². The molecule has 1 aromatic rings. The van der Waals surface area contributed by atoms with Crippen molar-refractivity contribution in [3.05, 3.63) is 42.5 Å². The number of hydrogen-bond donors (Lipinski definition) is 2. The highest BCUT2D eigenvalue weighted by Crippen LogP contribution is 2.18. The molecule has 2 atom stereocenters. The van der Waals surface area contributed by atoms with Crippen molar-refractivity contribution in [1.82, 2.24) is 0 Å². The number of para-hydroxylation sites is 1. The van der Waals surface area contributed by atoms with Crippen LogP contribution in [-0.4, -0.2) is 17.3 Å².